The molecule has 0 aromatic heterocycles. The van der Waals surface area contributed by atoms with Gasteiger partial charge in [-0.15, -0.1) is 0 Å². The second kappa shape index (κ2) is 10.3. The van der Waals surface area contributed by atoms with E-state index in [0.717, 1.165) is 24.3 Å². The first-order chi connectivity index (χ1) is 13.7. The average Bonchev–Trinajstić information content (AvgIpc) is 3.17. The summed E-state index contributed by atoms with van der Waals surface area (Å²) in [5.41, 5.74) is 2.24. The molecule has 4 nitrogen and oxygen atoms in total. The topological polar surface area (TPSA) is 38.8 Å². The molecule has 1 heterocycles. The fourth-order valence-corrected chi connectivity index (χ4v) is 3.61. The van der Waals surface area contributed by atoms with Gasteiger partial charge in [0.15, 0.2) is 0 Å². The summed E-state index contributed by atoms with van der Waals surface area (Å²) in [5, 5.41) is 0. The van der Waals surface area contributed by atoms with Gasteiger partial charge in [-0.3, -0.25) is 4.79 Å². The Hall–Kier alpha value is -2.33. The van der Waals surface area contributed by atoms with Crippen LogP contribution < -0.4 is 4.74 Å². The molecule has 2 aromatic rings. The SMILES string of the molecule is CCCC(C)COc1ccc(CC(=O)N2COC[C@H]2Cc2ccccc2)cc1. The molecule has 2 atom stereocenters. The van der Waals surface area contributed by atoms with Gasteiger partial charge >= 0.3 is 0 Å². The van der Waals surface area contributed by atoms with Gasteiger partial charge in [0.1, 0.15) is 12.5 Å². The summed E-state index contributed by atoms with van der Waals surface area (Å²) in [6, 6.07) is 18.3. The Morgan fingerprint density at radius 2 is 1.89 bits per heavy atom. The zero-order valence-corrected chi connectivity index (χ0v) is 17.0. The van der Waals surface area contributed by atoms with E-state index in [1.807, 2.05) is 47.4 Å². The Morgan fingerprint density at radius 1 is 1.14 bits per heavy atom. The van der Waals surface area contributed by atoms with Crippen LogP contribution in [0, 0.1) is 5.92 Å². The van der Waals surface area contributed by atoms with Gasteiger partial charge < -0.3 is 14.4 Å². The largest absolute Gasteiger partial charge is 0.493 e. The van der Waals surface area contributed by atoms with Gasteiger partial charge in [0.2, 0.25) is 5.91 Å². The Kier molecular flexibility index (Phi) is 7.49. The van der Waals surface area contributed by atoms with Crippen LogP contribution in [0.4, 0.5) is 0 Å². The molecule has 4 heteroatoms. The molecule has 0 N–H and O–H groups in total. The summed E-state index contributed by atoms with van der Waals surface area (Å²) < 4.78 is 11.4. The van der Waals surface area contributed by atoms with Crippen LogP contribution >= 0.6 is 0 Å². The van der Waals surface area contributed by atoms with Crippen molar-refractivity contribution in [2.75, 3.05) is 19.9 Å². The third-order valence-electron chi connectivity index (χ3n) is 5.21. The molecule has 1 aliphatic heterocycles. The van der Waals surface area contributed by atoms with Gasteiger partial charge in [0.05, 0.1) is 25.7 Å². The third-order valence-corrected chi connectivity index (χ3v) is 5.21. The van der Waals surface area contributed by atoms with Crippen molar-refractivity contribution in [3.05, 3.63) is 65.7 Å². The van der Waals surface area contributed by atoms with Crippen LogP contribution in [0.5, 0.6) is 5.75 Å². The monoisotopic (exact) mass is 381 g/mol. The molecule has 1 amide bonds. The minimum atomic E-state index is 0.109. The lowest BCUT2D eigenvalue weighted by Crippen LogP contribution is -2.38. The van der Waals surface area contributed by atoms with Crippen molar-refractivity contribution >= 4 is 5.91 Å². The number of benzene rings is 2. The van der Waals surface area contributed by atoms with E-state index in [1.165, 1.54) is 18.4 Å². The van der Waals surface area contributed by atoms with E-state index in [9.17, 15) is 4.79 Å². The van der Waals surface area contributed by atoms with Gasteiger partial charge in [-0.05, 0) is 42.0 Å². The molecular weight excluding hydrogens is 350 g/mol. The minimum absolute atomic E-state index is 0.109. The Morgan fingerprint density at radius 3 is 2.61 bits per heavy atom. The molecule has 1 saturated heterocycles. The highest BCUT2D eigenvalue weighted by molar-refractivity contribution is 5.79. The quantitative estimate of drug-likeness (QED) is 0.643. The summed E-state index contributed by atoms with van der Waals surface area (Å²) in [4.78, 5) is 14.7. The fraction of sp³-hybridized carbons (Fsp3) is 0.458. The highest BCUT2D eigenvalue weighted by Crippen LogP contribution is 2.19. The van der Waals surface area contributed by atoms with E-state index in [4.69, 9.17) is 9.47 Å². The molecule has 150 valence electrons. The number of hydrogen-bond acceptors (Lipinski definition) is 3. The predicted octanol–water partition coefficient (Wildman–Crippen LogP) is 4.47. The second-order valence-corrected chi connectivity index (χ2v) is 7.73. The molecule has 28 heavy (non-hydrogen) atoms. The highest BCUT2D eigenvalue weighted by atomic mass is 16.5. The lowest BCUT2D eigenvalue weighted by Gasteiger charge is -2.23. The molecule has 0 spiro atoms. The fourth-order valence-electron chi connectivity index (χ4n) is 3.61. The first kappa shape index (κ1) is 20.4. The zero-order valence-electron chi connectivity index (χ0n) is 17.0. The zero-order chi connectivity index (χ0) is 19.8. The molecule has 1 unspecified atom stereocenters. The first-order valence-electron chi connectivity index (χ1n) is 10.3. The normalized spacial score (nSPS) is 17.5. The number of amides is 1. The van der Waals surface area contributed by atoms with Crippen molar-refractivity contribution in [3.63, 3.8) is 0 Å². The Bertz CT molecular complexity index is 729. The number of carbonyl (C=O) groups excluding carboxylic acids is 1. The Balaban J connectivity index is 1.52. The molecule has 2 aromatic carbocycles. The molecule has 0 aliphatic carbocycles. The molecule has 0 radical (unpaired) electrons. The van der Waals surface area contributed by atoms with Crippen LogP contribution in [0.25, 0.3) is 0 Å². The maximum Gasteiger partial charge on any atom is 0.229 e. The van der Waals surface area contributed by atoms with E-state index >= 15 is 0 Å². The lowest BCUT2D eigenvalue weighted by atomic mass is 10.0. The van der Waals surface area contributed by atoms with Gasteiger partial charge in [-0.2, -0.15) is 0 Å². The van der Waals surface area contributed by atoms with Crippen LogP contribution in [0.3, 0.4) is 0 Å². The van der Waals surface area contributed by atoms with Crippen LogP contribution in [0.15, 0.2) is 54.6 Å². The average molecular weight is 382 g/mol. The maximum absolute atomic E-state index is 12.8. The standard InChI is InChI=1S/C24H31NO3/c1-3-7-19(2)16-28-23-12-10-21(11-13-23)15-24(26)25-18-27-17-22(25)14-20-8-5-4-6-9-20/h4-6,8-13,19,22H,3,7,14-18H2,1-2H3/t19?,22-/m1/s1. The summed E-state index contributed by atoms with van der Waals surface area (Å²) >= 11 is 0. The number of nitrogens with zero attached hydrogens (tertiary/aromatic N) is 1. The summed E-state index contributed by atoms with van der Waals surface area (Å²) in [6.07, 6.45) is 3.57. The molecule has 1 fully saturated rings. The van der Waals surface area contributed by atoms with Crippen molar-refractivity contribution in [1.82, 2.24) is 4.90 Å². The second-order valence-electron chi connectivity index (χ2n) is 7.73. The summed E-state index contributed by atoms with van der Waals surface area (Å²) in [6.45, 7) is 6.12. The maximum atomic E-state index is 12.8. The van der Waals surface area contributed by atoms with E-state index < -0.39 is 0 Å². The molecule has 0 saturated carbocycles. The molecule has 3 rings (SSSR count). The van der Waals surface area contributed by atoms with E-state index in [2.05, 4.69) is 26.0 Å². The van der Waals surface area contributed by atoms with Crippen molar-refractivity contribution in [2.45, 2.75) is 45.6 Å². The first-order valence-corrected chi connectivity index (χ1v) is 10.3. The van der Waals surface area contributed by atoms with Gasteiger partial charge in [0, 0.05) is 0 Å². The van der Waals surface area contributed by atoms with Crippen molar-refractivity contribution in [1.29, 1.82) is 0 Å². The van der Waals surface area contributed by atoms with Crippen LogP contribution in [0.1, 0.15) is 37.8 Å². The van der Waals surface area contributed by atoms with Crippen LogP contribution in [0.2, 0.25) is 0 Å². The predicted molar refractivity (Wildman–Crippen MR) is 111 cm³/mol. The summed E-state index contributed by atoms with van der Waals surface area (Å²) in [7, 11) is 0. The molecular formula is C24H31NO3. The Labute approximate surface area is 168 Å². The number of rotatable bonds is 9. The van der Waals surface area contributed by atoms with Gasteiger partial charge in [-0.1, -0.05) is 62.7 Å². The highest BCUT2D eigenvalue weighted by Gasteiger charge is 2.29. The van der Waals surface area contributed by atoms with Crippen molar-refractivity contribution in [3.8, 4) is 5.75 Å². The van der Waals surface area contributed by atoms with Gasteiger partial charge in [-0.25, -0.2) is 0 Å². The summed E-state index contributed by atoms with van der Waals surface area (Å²) in [5.74, 6) is 1.54. The van der Waals surface area contributed by atoms with E-state index in [1.54, 1.807) is 0 Å². The van der Waals surface area contributed by atoms with Crippen LogP contribution in [-0.2, 0) is 22.4 Å². The van der Waals surface area contributed by atoms with E-state index in [0.29, 0.717) is 25.7 Å². The number of carbonyl (C=O) groups is 1. The van der Waals surface area contributed by atoms with E-state index in [-0.39, 0.29) is 11.9 Å². The van der Waals surface area contributed by atoms with Crippen molar-refractivity contribution < 1.29 is 14.3 Å². The number of ether oxygens (including phenoxy) is 2. The third kappa shape index (κ3) is 5.83. The lowest BCUT2D eigenvalue weighted by molar-refractivity contribution is -0.132. The number of hydrogen-bond donors (Lipinski definition) is 0. The van der Waals surface area contributed by atoms with Crippen LogP contribution in [-0.4, -0.2) is 36.8 Å². The molecule has 0 bridgehead atoms. The smallest absolute Gasteiger partial charge is 0.229 e. The van der Waals surface area contributed by atoms with Gasteiger partial charge in [0.25, 0.3) is 0 Å². The molecule has 1 aliphatic rings. The van der Waals surface area contributed by atoms with Crippen molar-refractivity contribution in [2.24, 2.45) is 5.92 Å². The minimum Gasteiger partial charge on any atom is -0.493 e.